The van der Waals surface area contributed by atoms with Crippen LogP contribution in [0.1, 0.15) is 49.0 Å². The third-order valence-corrected chi connectivity index (χ3v) is 5.87. The van der Waals surface area contributed by atoms with E-state index in [1.807, 2.05) is 13.8 Å². The summed E-state index contributed by atoms with van der Waals surface area (Å²) < 4.78 is 38.8. The number of piperidine rings is 1. The highest BCUT2D eigenvalue weighted by Gasteiger charge is 2.40. The number of hydrogen-bond acceptors (Lipinski definition) is 4. The normalized spacial score (nSPS) is 28.4. The Morgan fingerprint density at radius 2 is 2.00 bits per heavy atom. The zero-order valence-electron chi connectivity index (χ0n) is 16.1. The zero-order valence-corrected chi connectivity index (χ0v) is 16.1. The average molecular weight is 397 g/mol. The van der Waals surface area contributed by atoms with Gasteiger partial charge in [0, 0.05) is 30.6 Å². The number of nitrogens with zero attached hydrogens (tertiary/aromatic N) is 1. The molecule has 8 heteroatoms. The molecule has 154 valence electrons. The molecule has 3 rings (SSSR count). The molecule has 1 aromatic rings. The molecule has 2 aliphatic rings. The van der Waals surface area contributed by atoms with Gasteiger partial charge in [-0.05, 0) is 37.3 Å². The van der Waals surface area contributed by atoms with Gasteiger partial charge in [0.2, 0.25) is 5.91 Å². The number of benzene rings is 1. The van der Waals surface area contributed by atoms with E-state index in [9.17, 15) is 22.8 Å². The van der Waals surface area contributed by atoms with Crippen molar-refractivity contribution in [3.63, 3.8) is 0 Å². The first kappa shape index (κ1) is 20.8. The Morgan fingerprint density at radius 1 is 1.25 bits per heavy atom. The van der Waals surface area contributed by atoms with Crippen LogP contribution in [-0.2, 0) is 11.0 Å². The predicted molar refractivity (Wildman–Crippen MR) is 98.4 cm³/mol. The van der Waals surface area contributed by atoms with Crippen molar-refractivity contribution in [2.24, 2.45) is 11.8 Å². The molecule has 0 aromatic heterocycles. The lowest BCUT2D eigenvalue weighted by Crippen LogP contribution is -2.51. The van der Waals surface area contributed by atoms with Crippen molar-refractivity contribution in [1.29, 1.82) is 0 Å². The number of Topliss-reactive ketones (excluding diaryl/α,β-unsaturated/α-hetero) is 1. The second-order valence-corrected chi connectivity index (χ2v) is 7.71. The van der Waals surface area contributed by atoms with Crippen LogP contribution in [0.4, 0.5) is 13.2 Å². The Kier molecular flexibility index (Phi) is 6.09. The van der Waals surface area contributed by atoms with Crippen molar-refractivity contribution in [2.75, 3.05) is 13.1 Å². The minimum atomic E-state index is -4.49. The molecule has 0 radical (unpaired) electrons. The average Bonchev–Trinajstić information content (AvgIpc) is 3.06. The van der Waals surface area contributed by atoms with Gasteiger partial charge in [0.1, 0.15) is 6.04 Å². The number of likely N-dealkylation sites (tertiary alicyclic amines) is 1. The molecule has 2 saturated heterocycles. The third kappa shape index (κ3) is 4.22. The van der Waals surface area contributed by atoms with Gasteiger partial charge in [-0.2, -0.15) is 13.2 Å². The molecule has 28 heavy (non-hydrogen) atoms. The maximum absolute atomic E-state index is 12.9. The molecule has 0 aliphatic carbocycles. The molecule has 1 aromatic carbocycles. The van der Waals surface area contributed by atoms with E-state index in [4.69, 9.17) is 0 Å². The van der Waals surface area contributed by atoms with Gasteiger partial charge >= 0.3 is 6.18 Å². The molecule has 2 N–H and O–H groups in total. The molecule has 4 atom stereocenters. The summed E-state index contributed by atoms with van der Waals surface area (Å²) in [4.78, 5) is 27.4. The Balaban J connectivity index is 1.70. The SMILES string of the molecule is CCC1NNC(C(=O)N2CCCC(C(=O)c3cccc(C(F)(F)F)c3)C2)C1C. The highest BCUT2D eigenvalue weighted by atomic mass is 19.4. The molecular formula is C20H26F3N3O2. The van der Waals surface area contributed by atoms with Crippen LogP contribution in [0.3, 0.4) is 0 Å². The van der Waals surface area contributed by atoms with Gasteiger partial charge in [-0.15, -0.1) is 0 Å². The smallest absolute Gasteiger partial charge is 0.341 e. The summed E-state index contributed by atoms with van der Waals surface area (Å²) in [6.45, 7) is 4.87. The zero-order chi connectivity index (χ0) is 20.5. The van der Waals surface area contributed by atoms with Crippen LogP contribution in [0.5, 0.6) is 0 Å². The lowest BCUT2D eigenvalue weighted by atomic mass is 9.88. The number of ketones is 1. The van der Waals surface area contributed by atoms with Crippen molar-refractivity contribution in [1.82, 2.24) is 15.8 Å². The molecule has 5 nitrogen and oxygen atoms in total. The number of alkyl halides is 3. The van der Waals surface area contributed by atoms with Crippen molar-refractivity contribution >= 4 is 11.7 Å². The van der Waals surface area contributed by atoms with E-state index in [0.717, 1.165) is 18.6 Å². The Hall–Kier alpha value is -1.93. The van der Waals surface area contributed by atoms with E-state index in [0.29, 0.717) is 19.4 Å². The first-order chi connectivity index (χ1) is 13.2. The van der Waals surface area contributed by atoms with E-state index in [1.54, 1.807) is 4.90 Å². The maximum atomic E-state index is 12.9. The number of rotatable bonds is 4. The minimum absolute atomic E-state index is 0.0502. The fraction of sp³-hybridized carbons (Fsp3) is 0.600. The first-order valence-corrected chi connectivity index (χ1v) is 9.73. The lowest BCUT2D eigenvalue weighted by Gasteiger charge is -2.34. The largest absolute Gasteiger partial charge is 0.416 e. The molecule has 2 heterocycles. The molecular weight excluding hydrogens is 371 g/mol. The minimum Gasteiger partial charge on any atom is -0.341 e. The van der Waals surface area contributed by atoms with Crippen molar-refractivity contribution in [3.8, 4) is 0 Å². The second kappa shape index (κ2) is 8.21. The Labute approximate surface area is 162 Å². The molecule has 2 fully saturated rings. The van der Waals surface area contributed by atoms with Crippen LogP contribution in [0.25, 0.3) is 0 Å². The molecule has 4 unspecified atom stereocenters. The summed E-state index contributed by atoms with van der Waals surface area (Å²) in [6, 6.07) is 4.38. The molecule has 0 bridgehead atoms. The number of halogens is 3. The third-order valence-electron chi connectivity index (χ3n) is 5.87. The van der Waals surface area contributed by atoms with Crippen LogP contribution < -0.4 is 10.9 Å². The number of hydrogen-bond donors (Lipinski definition) is 2. The van der Waals surface area contributed by atoms with Gasteiger partial charge in [-0.1, -0.05) is 26.0 Å². The van der Waals surface area contributed by atoms with Gasteiger partial charge < -0.3 is 4.90 Å². The van der Waals surface area contributed by atoms with Gasteiger partial charge in [0.25, 0.3) is 0 Å². The summed E-state index contributed by atoms with van der Waals surface area (Å²) in [5.74, 6) is -0.747. The van der Waals surface area contributed by atoms with E-state index >= 15 is 0 Å². The molecule has 2 aliphatic heterocycles. The summed E-state index contributed by atoms with van der Waals surface area (Å²) >= 11 is 0. The van der Waals surface area contributed by atoms with Gasteiger partial charge in [-0.25, -0.2) is 5.43 Å². The first-order valence-electron chi connectivity index (χ1n) is 9.73. The Bertz CT molecular complexity index is 738. The maximum Gasteiger partial charge on any atom is 0.416 e. The van der Waals surface area contributed by atoms with E-state index in [1.165, 1.54) is 12.1 Å². The van der Waals surface area contributed by atoms with E-state index < -0.39 is 17.7 Å². The Morgan fingerprint density at radius 3 is 2.64 bits per heavy atom. The van der Waals surface area contributed by atoms with Gasteiger partial charge in [0.15, 0.2) is 5.78 Å². The van der Waals surface area contributed by atoms with E-state index in [-0.39, 0.29) is 41.8 Å². The van der Waals surface area contributed by atoms with Crippen LogP contribution >= 0.6 is 0 Å². The van der Waals surface area contributed by atoms with Gasteiger partial charge in [-0.3, -0.25) is 15.0 Å². The molecule has 0 spiro atoms. The number of carbonyl (C=O) groups is 2. The van der Waals surface area contributed by atoms with Gasteiger partial charge in [0.05, 0.1) is 5.56 Å². The number of amides is 1. The van der Waals surface area contributed by atoms with Crippen molar-refractivity contribution in [2.45, 2.75) is 51.4 Å². The van der Waals surface area contributed by atoms with Crippen molar-refractivity contribution < 1.29 is 22.8 Å². The fourth-order valence-electron chi connectivity index (χ4n) is 4.13. The summed E-state index contributed by atoms with van der Waals surface area (Å²) in [5, 5.41) is 0. The van der Waals surface area contributed by atoms with Crippen LogP contribution in [0, 0.1) is 11.8 Å². The topological polar surface area (TPSA) is 61.4 Å². The summed E-state index contributed by atoms with van der Waals surface area (Å²) in [7, 11) is 0. The fourth-order valence-corrected chi connectivity index (χ4v) is 4.13. The highest BCUT2D eigenvalue weighted by Crippen LogP contribution is 2.31. The highest BCUT2D eigenvalue weighted by molar-refractivity contribution is 5.98. The van der Waals surface area contributed by atoms with Crippen molar-refractivity contribution in [3.05, 3.63) is 35.4 Å². The summed E-state index contributed by atoms with van der Waals surface area (Å²) in [6.07, 6.45) is -2.36. The molecule has 0 saturated carbocycles. The van der Waals surface area contributed by atoms with Crippen LogP contribution in [0.15, 0.2) is 24.3 Å². The summed E-state index contributed by atoms with van der Waals surface area (Å²) in [5.41, 5.74) is 5.41. The van der Waals surface area contributed by atoms with Crippen LogP contribution in [0.2, 0.25) is 0 Å². The standard InChI is InChI=1S/C20H26F3N3O2/c1-3-16-12(2)17(25-24-16)19(28)26-9-5-7-14(11-26)18(27)13-6-4-8-15(10-13)20(21,22)23/h4,6,8,10,12,14,16-17,24-25H,3,5,7,9,11H2,1-2H3. The number of carbonyl (C=O) groups excluding carboxylic acids is 2. The van der Waals surface area contributed by atoms with E-state index in [2.05, 4.69) is 10.9 Å². The monoisotopic (exact) mass is 397 g/mol. The lowest BCUT2D eigenvalue weighted by molar-refractivity contribution is -0.137. The quantitative estimate of drug-likeness (QED) is 0.767. The number of hydrazine groups is 1. The van der Waals surface area contributed by atoms with Crippen LogP contribution in [-0.4, -0.2) is 41.8 Å². The number of nitrogens with one attached hydrogen (secondary N) is 2. The molecule has 1 amide bonds. The second-order valence-electron chi connectivity index (χ2n) is 7.71. The predicted octanol–water partition coefficient (Wildman–Crippen LogP) is 3.02.